The molecule has 1 saturated carbocycles. The molecule has 0 saturated heterocycles. The molecule has 0 bridgehead atoms. The monoisotopic (exact) mass is 294 g/mol. The minimum absolute atomic E-state index is 0.0925. The molecule has 110 valence electrons. The molecule has 1 aliphatic rings. The average molecular weight is 294 g/mol. The van der Waals surface area contributed by atoms with Gasteiger partial charge in [-0.3, -0.25) is 9.00 Å². The zero-order chi connectivity index (χ0) is 14.5. The highest BCUT2D eigenvalue weighted by Crippen LogP contribution is 2.24. The van der Waals surface area contributed by atoms with E-state index >= 15 is 0 Å². The van der Waals surface area contributed by atoms with Gasteiger partial charge in [0.05, 0.1) is 0 Å². The molecule has 1 aliphatic carbocycles. The summed E-state index contributed by atoms with van der Waals surface area (Å²) in [6.07, 6.45) is 4.73. The van der Waals surface area contributed by atoms with Crippen LogP contribution in [0.2, 0.25) is 0 Å². The summed E-state index contributed by atoms with van der Waals surface area (Å²) in [5.74, 6) is 0.364. The lowest BCUT2D eigenvalue weighted by Crippen LogP contribution is -2.20. The van der Waals surface area contributed by atoms with Crippen molar-refractivity contribution in [2.75, 3.05) is 16.8 Å². The van der Waals surface area contributed by atoms with E-state index in [1.54, 1.807) is 6.07 Å². The number of hydrogen-bond acceptors (Lipinski definition) is 3. The Bertz CT molecular complexity index is 511. The predicted molar refractivity (Wildman–Crippen MR) is 84.1 cm³/mol. The Morgan fingerprint density at radius 3 is 2.80 bits per heavy atom. The van der Waals surface area contributed by atoms with Crippen molar-refractivity contribution in [2.45, 2.75) is 44.3 Å². The minimum Gasteiger partial charge on any atom is -0.398 e. The third-order valence-corrected chi connectivity index (χ3v) is 5.68. The van der Waals surface area contributed by atoms with Gasteiger partial charge in [-0.05, 0) is 37.5 Å². The molecule has 3 N–H and O–H groups in total. The molecule has 1 atom stereocenters. The molecule has 0 aromatic heterocycles. The van der Waals surface area contributed by atoms with Crippen LogP contribution in [0.15, 0.2) is 18.2 Å². The summed E-state index contributed by atoms with van der Waals surface area (Å²) in [6.45, 7) is 1.88. The Morgan fingerprint density at radius 1 is 1.40 bits per heavy atom. The lowest BCUT2D eigenvalue weighted by molar-refractivity contribution is -0.115. The lowest BCUT2D eigenvalue weighted by atomic mass is 10.1. The summed E-state index contributed by atoms with van der Waals surface area (Å²) in [4.78, 5) is 11.9. The van der Waals surface area contributed by atoms with Crippen molar-refractivity contribution in [3.8, 4) is 0 Å². The van der Waals surface area contributed by atoms with Gasteiger partial charge in [-0.1, -0.05) is 18.9 Å². The van der Waals surface area contributed by atoms with Crippen LogP contribution in [0.3, 0.4) is 0 Å². The smallest absolute Gasteiger partial charge is 0.225 e. The van der Waals surface area contributed by atoms with E-state index in [2.05, 4.69) is 5.32 Å². The van der Waals surface area contributed by atoms with Gasteiger partial charge in [0, 0.05) is 39.6 Å². The van der Waals surface area contributed by atoms with Crippen LogP contribution in [0.4, 0.5) is 11.4 Å². The molecule has 1 amide bonds. The van der Waals surface area contributed by atoms with Gasteiger partial charge in [-0.2, -0.15) is 0 Å². The molecule has 1 aromatic rings. The molecule has 4 nitrogen and oxygen atoms in total. The number of nitrogens with one attached hydrogen (secondary N) is 1. The fourth-order valence-electron chi connectivity index (χ4n) is 2.51. The summed E-state index contributed by atoms with van der Waals surface area (Å²) in [5, 5.41) is 3.15. The maximum atomic E-state index is 12.0. The van der Waals surface area contributed by atoms with Gasteiger partial charge in [0.25, 0.3) is 0 Å². The van der Waals surface area contributed by atoms with Gasteiger partial charge < -0.3 is 11.1 Å². The quantitative estimate of drug-likeness (QED) is 0.820. The third kappa shape index (κ3) is 3.82. The van der Waals surface area contributed by atoms with Gasteiger partial charge >= 0.3 is 0 Å². The standard InChI is InChI=1S/C15H22N2O2S/c1-11-13(16)7-4-8-14(11)17-15(18)9-10-20(19)12-5-2-3-6-12/h4,7-8,12H,2-3,5-6,9-10,16H2,1H3,(H,17,18). The first-order valence-electron chi connectivity index (χ1n) is 7.10. The highest BCUT2D eigenvalue weighted by Gasteiger charge is 2.21. The van der Waals surface area contributed by atoms with Gasteiger partial charge in [-0.25, -0.2) is 0 Å². The highest BCUT2D eigenvalue weighted by atomic mass is 32.2. The van der Waals surface area contributed by atoms with E-state index in [0.717, 1.165) is 24.1 Å². The van der Waals surface area contributed by atoms with E-state index in [-0.39, 0.29) is 5.91 Å². The van der Waals surface area contributed by atoms with Gasteiger partial charge in [0.2, 0.25) is 5.91 Å². The molecule has 0 aliphatic heterocycles. The molecule has 1 fully saturated rings. The second kappa shape index (κ2) is 6.88. The second-order valence-electron chi connectivity index (χ2n) is 5.31. The molecule has 0 spiro atoms. The Kier molecular flexibility index (Phi) is 5.17. The first-order chi connectivity index (χ1) is 9.58. The van der Waals surface area contributed by atoms with Gasteiger partial charge in [0.1, 0.15) is 0 Å². The predicted octanol–water partition coefficient (Wildman–Crippen LogP) is 2.60. The molecular weight excluding hydrogens is 272 g/mol. The minimum atomic E-state index is -0.869. The van der Waals surface area contributed by atoms with Crippen LogP contribution in [0.1, 0.15) is 37.7 Å². The Morgan fingerprint density at radius 2 is 2.10 bits per heavy atom. The Balaban J connectivity index is 1.83. The number of benzene rings is 1. The third-order valence-electron chi connectivity index (χ3n) is 3.85. The summed E-state index contributed by atoms with van der Waals surface area (Å²) >= 11 is 0. The number of hydrogen-bond donors (Lipinski definition) is 2. The molecule has 0 heterocycles. The van der Waals surface area contributed by atoms with E-state index in [1.807, 2.05) is 19.1 Å². The summed E-state index contributed by atoms with van der Waals surface area (Å²) in [7, 11) is -0.869. The topological polar surface area (TPSA) is 72.2 Å². The maximum absolute atomic E-state index is 12.0. The zero-order valence-corrected chi connectivity index (χ0v) is 12.7. The van der Waals surface area contributed by atoms with Crippen molar-refractivity contribution in [1.29, 1.82) is 0 Å². The Labute approximate surface area is 122 Å². The van der Waals surface area contributed by atoms with Gasteiger partial charge in [-0.15, -0.1) is 0 Å². The number of carbonyl (C=O) groups excluding carboxylic acids is 1. The molecule has 20 heavy (non-hydrogen) atoms. The van der Waals surface area contributed by atoms with Crippen LogP contribution in [0, 0.1) is 6.92 Å². The molecule has 1 unspecified atom stereocenters. The molecule has 0 radical (unpaired) electrons. The van der Waals surface area contributed by atoms with Crippen molar-refractivity contribution in [2.24, 2.45) is 0 Å². The van der Waals surface area contributed by atoms with Gasteiger partial charge in [0.15, 0.2) is 0 Å². The van der Waals surface area contributed by atoms with Crippen LogP contribution in [0.5, 0.6) is 0 Å². The molecule has 5 heteroatoms. The van der Waals surface area contributed by atoms with E-state index in [9.17, 15) is 9.00 Å². The van der Waals surface area contributed by atoms with Crippen LogP contribution in [-0.4, -0.2) is 21.1 Å². The molecule has 2 rings (SSSR count). The first-order valence-corrected chi connectivity index (χ1v) is 8.48. The number of anilines is 2. The number of amides is 1. The highest BCUT2D eigenvalue weighted by molar-refractivity contribution is 7.85. The van der Waals surface area contributed by atoms with Crippen LogP contribution in [-0.2, 0) is 15.6 Å². The van der Waals surface area contributed by atoms with E-state index < -0.39 is 10.8 Å². The summed E-state index contributed by atoms with van der Waals surface area (Å²) in [5.41, 5.74) is 8.08. The van der Waals surface area contributed by atoms with Crippen molar-refractivity contribution in [3.63, 3.8) is 0 Å². The largest absolute Gasteiger partial charge is 0.398 e. The van der Waals surface area contributed by atoms with Crippen molar-refractivity contribution >= 4 is 28.1 Å². The van der Waals surface area contributed by atoms with Crippen molar-refractivity contribution < 1.29 is 9.00 Å². The van der Waals surface area contributed by atoms with E-state index in [4.69, 9.17) is 5.73 Å². The average Bonchev–Trinajstić information content (AvgIpc) is 2.95. The number of nitrogen functional groups attached to an aromatic ring is 1. The van der Waals surface area contributed by atoms with Crippen LogP contribution in [0.25, 0.3) is 0 Å². The lowest BCUT2D eigenvalue weighted by Gasteiger charge is -2.11. The molecular formula is C15H22N2O2S. The number of nitrogens with two attached hydrogens (primary N) is 1. The Hall–Kier alpha value is -1.36. The fraction of sp³-hybridized carbons (Fsp3) is 0.533. The number of carbonyl (C=O) groups is 1. The first kappa shape index (κ1) is 15.0. The van der Waals surface area contributed by atoms with Crippen LogP contribution < -0.4 is 11.1 Å². The molecule has 1 aromatic carbocycles. The second-order valence-corrected chi connectivity index (χ2v) is 7.15. The zero-order valence-electron chi connectivity index (χ0n) is 11.9. The SMILES string of the molecule is Cc1c(N)cccc1NC(=O)CCS(=O)C1CCCC1. The summed E-state index contributed by atoms with van der Waals surface area (Å²) in [6, 6.07) is 5.45. The van der Waals surface area contributed by atoms with Crippen LogP contribution >= 0.6 is 0 Å². The van der Waals surface area contributed by atoms with E-state index in [0.29, 0.717) is 23.1 Å². The van der Waals surface area contributed by atoms with Crippen molar-refractivity contribution in [1.82, 2.24) is 0 Å². The normalized spacial score (nSPS) is 17.1. The van der Waals surface area contributed by atoms with E-state index in [1.165, 1.54) is 12.8 Å². The van der Waals surface area contributed by atoms with Crippen molar-refractivity contribution in [3.05, 3.63) is 23.8 Å². The fourth-order valence-corrected chi connectivity index (χ4v) is 4.09. The summed E-state index contributed by atoms with van der Waals surface area (Å²) < 4.78 is 12.0. The maximum Gasteiger partial charge on any atom is 0.225 e. The number of rotatable bonds is 5.